The number of hydrogen-bond donors (Lipinski definition) is 1. The highest BCUT2D eigenvalue weighted by Gasteiger charge is 2.33. The second-order valence-electron chi connectivity index (χ2n) is 7.05. The van der Waals surface area contributed by atoms with Crippen LogP contribution in [0.25, 0.3) is 0 Å². The first-order chi connectivity index (χ1) is 15.7. The number of hydrogen-bond acceptors (Lipinski definition) is 5. The Morgan fingerprint density at radius 1 is 1.06 bits per heavy atom. The molecule has 1 N–H and O–H groups in total. The van der Waals surface area contributed by atoms with Crippen LogP contribution < -0.4 is 14.8 Å². The zero-order valence-corrected chi connectivity index (χ0v) is 17.6. The smallest absolute Gasteiger partial charge is 0.417 e. The minimum absolute atomic E-state index is 0.0342. The van der Waals surface area contributed by atoms with Gasteiger partial charge in [0, 0.05) is 11.3 Å². The molecule has 0 atom stereocenters. The normalized spacial score (nSPS) is 12.5. The summed E-state index contributed by atoms with van der Waals surface area (Å²) in [5.41, 5.74) is -0.944. The van der Waals surface area contributed by atoms with Gasteiger partial charge in [-0.25, -0.2) is 0 Å². The Labute approximate surface area is 190 Å². The molecule has 2 amide bonds. The number of rotatable bonds is 6. The number of carbonyl (C=O) groups is 2. The average Bonchev–Trinajstić information content (AvgIpc) is 3.44. The Morgan fingerprint density at radius 3 is 2.58 bits per heavy atom. The number of fused-ring (bicyclic) bond motifs is 1. The number of nitrogens with one attached hydrogen (secondary N) is 1. The second-order valence-corrected chi connectivity index (χ2v) is 7.46. The van der Waals surface area contributed by atoms with E-state index in [2.05, 4.69) is 5.32 Å². The van der Waals surface area contributed by atoms with Crippen molar-refractivity contribution in [3.63, 3.8) is 0 Å². The highest BCUT2D eigenvalue weighted by molar-refractivity contribution is 6.31. The Bertz CT molecular complexity index is 1180. The maximum Gasteiger partial charge on any atom is 0.417 e. The molecule has 1 aromatic heterocycles. The number of amides is 2. The largest absolute Gasteiger partial charge is 0.467 e. The van der Waals surface area contributed by atoms with Crippen molar-refractivity contribution in [2.45, 2.75) is 12.7 Å². The minimum Gasteiger partial charge on any atom is -0.467 e. The highest BCUT2D eigenvalue weighted by Crippen LogP contribution is 2.36. The lowest BCUT2D eigenvalue weighted by atomic mass is 10.1. The van der Waals surface area contributed by atoms with Crippen LogP contribution in [0.5, 0.6) is 11.5 Å². The van der Waals surface area contributed by atoms with Gasteiger partial charge in [-0.1, -0.05) is 11.6 Å². The van der Waals surface area contributed by atoms with Gasteiger partial charge in [-0.05, 0) is 48.5 Å². The fourth-order valence-corrected chi connectivity index (χ4v) is 3.42. The summed E-state index contributed by atoms with van der Waals surface area (Å²) >= 11 is 5.62. The molecule has 0 spiro atoms. The van der Waals surface area contributed by atoms with E-state index in [1.807, 2.05) is 0 Å². The second kappa shape index (κ2) is 9.07. The van der Waals surface area contributed by atoms with Crippen molar-refractivity contribution < 1.29 is 36.7 Å². The number of anilines is 1. The highest BCUT2D eigenvalue weighted by atomic mass is 35.5. The van der Waals surface area contributed by atoms with Crippen molar-refractivity contribution in [3.8, 4) is 11.5 Å². The number of alkyl halides is 3. The standard InChI is InChI=1S/C22H16ClF3N2O5/c23-17-5-4-14(9-16(17)22(24,25)26)27-20(29)11-28(10-15-2-1-7-31-15)21(30)13-3-6-18-19(8-13)33-12-32-18/h1-9H,10-12H2,(H,27,29). The molecule has 4 rings (SSSR count). The van der Waals surface area contributed by atoms with Gasteiger partial charge in [-0.3, -0.25) is 9.59 Å². The molecule has 0 unspecified atom stereocenters. The van der Waals surface area contributed by atoms with Crippen molar-refractivity contribution in [2.75, 3.05) is 18.7 Å². The molecule has 0 saturated heterocycles. The number of carbonyl (C=O) groups excluding carboxylic acids is 2. The van der Waals surface area contributed by atoms with E-state index in [4.69, 9.17) is 25.5 Å². The minimum atomic E-state index is -4.68. The maximum absolute atomic E-state index is 13.1. The molecule has 33 heavy (non-hydrogen) atoms. The van der Waals surface area contributed by atoms with Gasteiger partial charge in [0.15, 0.2) is 11.5 Å². The molecule has 1 aliphatic rings. The predicted octanol–water partition coefficient (Wildman–Crippen LogP) is 4.96. The van der Waals surface area contributed by atoms with Crippen LogP contribution in [0.4, 0.5) is 18.9 Å². The van der Waals surface area contributed by atoms with Crippen LogP contribution in [-0.2, 0) is 17.5 Å². The maximum atomic E-state index is 13.1. The quantitative estimate of drug-likeness (QED) is 0.539. The topological polar surface area (TPSA) is 81.0 Å². The molecule has 172 valence electrons. The Kier molecular flexibility index (Phi) is 6.19. The van der Waals surface area contributed by atoms with Crippen LogP contribution in [0, 0.1) is 0 Å². The fourth-order valence-electron chi connectivity index (χ4n) is 3.20. The van der Waals surface area contributed by atoms with Crippen molar-refractivity contribution >= 4 is 29.1 Å². The number of furan rings is 1. The Morgan fingerprint density at radius 2 is 1.85 bits per heavy atom. The van der Waals surface area contributed by atoms with E-state index < -0.39 is 35.1 Å². The van der Waals surface area contributed by atoms with E-state index >= 15 is 0 Å². The van der Waals surface area contributed by atoms with Crippen molar-refractivity contribution in [1.82, 2.24) is 4.90 Å². The summed E-state index contributed by atoms with van der Waals surface area (Å²) in [7, 11) is 0. The third-order valence-corrected chi connectivity index (χ3v) is 5.05. The molecular formula is C22H16ClF3N2O5. The van der Waals surface area contributed by atoms with Gasteiger partial charge < -0.3 is 24.1 Å². The first kappa shape index (κ1) is 22.5. The summed E-state index contributed by atoms with van der Waals surface area (Å²) in [6.45, 7) is -0.452. The zero-order valence-electron chi connectivity index (χ0n) is 16.8. The van der Waals surface area contributed by atoms with Gasteiger partial charge in [0.25, 0.3) is 5.91 Å². The van der Waals surface area contributed by atoms with E-state index in [1.165, 1.54) is 29.4 Å². The molecular weight excluding hydrogens is 465 g/mol. The van der Waals surface area contributed by atoms with E-state index in [9.17, 15) is 22.8 Å². The summed E-state index contributed by atoms with van der Waals surface area (Å²) in [6, 6.07) is 10.9. The molecule has 0 bridgehead atoms. The Hall–Kier alpha value is -3.66. The first-order valence-corrected chi connectivity index (χ1v) is 9.96. The van der Waals surface area contributed by atoms with Gasteiger partial charge in [0.05, 0.1) is 23.4 Å². The molecule has 2 aromatic carbocycles. The lowest BCUT2D eigenvalue weighted by Gasteiger charge is -2.22. The van der Waals surface area contributed by atoms with Crippen LogP contribution in [-0.4, -0.2) is 30.1 Å². The van der Waals surface area contributed by atoms with Crippen LogP contribution in [0.15, 0.2) is 59.2 Å². The number of ether oxygens (including phenoxy) is 2. The van der Waals surface area contributed by atoms with Crippen LogP contribution >= 0.6 is 11.6 Å². The van der Waals surface area contributed by atoms with E-state index in [0.29, 0.717) is 17.3 Å². The Balaban J connectivity index is 1.53. The molecule has 0 saturated carbocycles. The summed E-state index contributed by atoms with van der Waals surface area (Å²) in [5.74, 6) is 0.0926. The molecule has 0 radical (unpaired) electrons. The lowest BCUT2D eigenvalue weighted by molar-refractivity contribution is -0.137. The lowest BCUT2D eigenvalue weighted by Crippen LogP contribution is -2.37. The monoisotopic (exact) mass is 480 g/mol. The van der Waals surface area contributed by atoms with Crippen molar-refractivity contribution in [3.05, 3.63) is 76.7 Å². The van der Waals surface area contributed by atoms with Gasteiger partial charge in [0.2, 0.25) is 12.7 Å². The van der Waals surface area contributed by atoms with Gasteiger partial charge >= 0.3 is 6.18 Å². The van der Waals surface area contributed by atoms with Crippen molar-refractivity contribution in [1.29, 1.82) is 0 Å². The third kappa shape index (κ3) is 5.23. The number of halogens is 4. The fraction of sp³-hybridized carbons (Fsp3) is 0.182. The molecule has 7 nitrogen and oxygen atoms in total. The van der Waals surface area contributed by atoms with Crippen LogP contribution in [0.1, 0.15) is 21.7 Å². The predicted molar refractivity (Wildman–Crippen MR) is 111 cm³/mol. The summed E-state index contributed by atoms with van der Waals surface area (Å²) in [5, 5.41) is 1.88. The summed E-state index contributed by atoms with van der Waals surface area (Å²) in [6.07, 6.45) is -3.26. The zero-order chi connectivity index (χ0) is 23.6. The van der Waals surface area contributed by atoms with Crippen molar-refractivity contribution in [2.24, 2.45) is 0 Å². The molecule has 0 fully saturated rings. The van der Waals surface area contributed by atoms with E-state index in [-0.39, 0.29) is 24.6 Å². The van der Waals surface area contributed by atoms with E-state index in [0.717, 1.165) is 12.1 Å². The molecule has 3 aromatic rings. The molecule has 11 heteroatoms. The van der Waals surface area contributed by atoms with Gasteiger partial charge in [-0.15, -0.1) is 0 Å². The molecule has 0 aliphatic carbocycles. The first-order valence-electron chi connectivity index (χ1n) is 9.58. The van der Waals surface area contributed by atoms with Crippen LogP contribution in [0.2, 0.25) is 5.02 Å². The van der Waals surface area contributed by atoms with Gasteiger partial charge in [-0.2, -0.15) is 13.2 Å². The van der Waals surface area contributed by atoms with Gasteiger partial charge in [0.1, 0.15) is 12.3 Å². The molecule has 1 aliphatic heterocycles. The summed E-state index contributed by atoms with van der Waals surface area (Å²) < 4.78 is 55.1. The molecule has 2 heterocycles. The summed E-state index contributed by atoms with van der Waals surface area (Å²) in [4.78, 5) is 27.0. The SMILES string of the molecule is O=C(CN(Cc1ccco1)C(=O)c1ccc2c(c1)OCO2)Nc1ccc(Cl)c(C(F)(F)F)c1. The number of benzene rings is 2. The number of nitrogens with zero attached hydrogens (tertiary/aromatic N) is 1. The van der Waals surface area contributed by atoms with Crippen LogP contribution in [0.3, 0.4) is 0 Å². The third-order valence-electron chi connectivity index (χ3n) is 4.72. The average molecular weight is 481 g/mol. The van der Waals surface area contributed by atoms with E-state index in [1.54, 1.807) is 18.2 Å².